The largest absolute Gasteiger partial charge is 0.493 e. The number of carbonyl (C=O) groups is 1. The van der Waals surface area contributed by atoms with E-state index in [1.54, 1.807) is 55.5 Å². The number of nitro groups is 1. The molecule has 3 aromatic rings. The second kappa shape index (κ2) is 10.1. The number of nitrogens with zero attached hydrogens (tertiary/aromatic N) is 2. The molecule has 1 aromatic heterocycles. The highest BCUT2D eigenvalue weighted by atomic mass is 32.2. The topological polar surface area (TPSA) is 95.0 Å². The molecule has 1 saturated heterocycles. The minimum absolute atomic E-state index is 0.0510. The second-order valence-electron chi connectivity index (χ2n) is 7.25. The van der Waals surface area contributed by atoms with Crippen LogP contribution in [0.4, 0.5) is 5.69 Å². The van der Waals surface area contributed by atoms with E-state index in [1.165, 1.54) is 17.8 Å². The normalized spacial score (nSPS) is 14.6. The van der Waals surface area contributed by atoms with Crippen molar-refractivity contribution < 1.29 is 23.6 Å². The van der Waals surface area contributed by atoms with Crippen molar-refractivity contribution in [1.82, 2.24) is 4.90 Å². The van der Waals surface area contributed by atoms with Crippen molar-refractivity contribution in [3.63, 3.8) is 0 Å². The number of hydrogen-bond acceptors (Lipinski definition) is 8. The summed E-state index contributed by atoms with van der Waals surface area (Å²) in [5.41, 5.74) is 1.30. The van der Waals surface area contributed by atoms with Crippen LogP contribution in [0.5, 0.6) is 11.5 Å². The first-order valence-corrected chi connectivity index (χ1v) is 11.4. The molecule has 0 radical (unpaired) electrons. The number of benzene rings is 2. The lowest BCUT2D eigenvalue weighted by atomic mass is 10.1. The van der Waals surface area contributed by atoms with Crippen LogP contribution in [-0.4, -0.2) is 40.8 Å². The molecule has 2 heterocycles. The molecular weight excluding hydrogens is 476 g/mol. The van der Waals surface area contributed by atoms with E-state index in [0.717, 1.165) is 5.56 Å². The van der Waals surface area contributed by atoms with E-state index in [0.29, 0.717) is 50.8 Å². The van der Waals surface area contributed by atoms with Gasteiger partial charge in [0.05, 0.1) is 29.6 Å². The molecule has 1 fully saturated rings. The van der Waals surface area contributed by atoms with Crippen molar-refractivity contribution in [2.24, 2.45) is 0 Å². The van der Waals surface area contributed by atoms with Gasteiger partial charge in [-0.25, -0.2) is 0 Å². The van der Waals surface area contributed by atoms with Crippen LogP contribution < -0.4 is 9.47 Å². The third-order valence-corrected chi connectivity index (χ3v) is 6.59. The third kappa shape index (κ3) is 4.82. The Kier molecular flexibility index (Phi) is 6.99. The summed E-state index contributed by atoms with van der Waals surface area (Å²) in [6, 6.07) is 15.3. The molecule has 1 aliphatic rings. The molecule has 10 heteroatoms. The second-order valence-corrected chi connectivity index (χ2v) is 8.92. The van der Waals surface area contributed by atoms with Crippen LogP contribution >= 0.6 is 24.0 Å². The first kappa shape index (κ1) is 23.5. The summed E-state index contributed by atoms with van der Waals surface area (Å²) in [6.07, 6.45) is 2.19. The Balaban J connectivity index is 1.48. The molecule has 0 spiro atoms. The maximum absolute atomic E-state index is 13.0. The number of carbonyl (C=O) groups excluding carboxylic acids is 1. The molecule has 34 heavy (non-hydrogen) atoms. The highest BCUT2D eigenvalue weighted by Crippen LogP contribution is 2.35. The average Bonchev–Trinajstić information content (AvgIpc) is 3.41. The number of amides is 1. The van der Waals surface area contributed by atoms with Crippen LogP contribution in [0, 0.1) is 10.1 Å². The van der Waals surface area contributed by atoms with Gasteiger partial charge in [-0.1, -0.05) is 42.2 Å². The minimum atomic E-state index is -0.457. The lowest BCUT2D eigenvalue weighted by Gasteiger charge is -2.15. The number of methoxy groups -OCH3 is 2. The monoisotopic (exact) mass is 496 g/mol. The zero-order valence-electron chi connectivity index (χ0n) is 18.3. The van der Waals surface area contributed by atoms with E-state index in [-0.39, 0.29) is 11.6 Å². The van der Waals surface area contributed by atoms with Gasteiger partial charge in [-0.05, 0) is 42.3 Å². The van der Waals surface area contributed by atoms with Gasteiger partial charge in [0, 0.05) is 18.7 Å². The number of ether oxygens (including phenoxy) is 2. The van der Waals surface area contributed by atoms with E-state index >= 15 is 0 Å². The Morgan fingerprint density at radius 2 is 1.88 bits per heavy atom. The maximum Gasteiger partial charge on any atom is 0.280 e. The van der Waals surface area contributed by atoms with Gasteiger partial charge in [0.2, 0.25) is 0 Å². The number of thioether (sulfide) groups is 1. The zero-order chi connectivity index (χ0) is 24.2. The molecule has 174 valence electrons. The summed E-state index contributed by atoms with van der Waals surface area (Å²) >= 11 is 6.61. The van der Waals surface area contributed by atoms with Gasteiger partial charge in [-0.3, -0.25) is 19.8 Å². The van der Waals surface area contributed by atoms with Crippen molar-refractivity contribution in [3.8, 4) is 22.8 Å². The van der Waals surface area contributed by atoms with Crippen molar-refractivity contribution in [2.45, 2.75) is 6.42 Å². The number of thiocarbonyl (C=S) groups is 1. The van der Waals surface area contributed by atoms with Gasteiger partial charge >= 0.3 is 0 Å². The molecule has 0 aliphatic carbocycles. The van der Waals surface area contributed by atoms with Crippen molar-refractivity contribution in [3.05, 3.63) is 80.9 Å². The van der Waals surface area contributed by atoms with Gasteiger partial charge in [0.1, 0.15) is 15.8 Å². The van der Waals surface area contributed by atoms with E-state index < -0.39 is 4.92 Å². The fourth-order valence-corrected chi connectivity index (χ4v) is 4.80. The first-order chi connectivity index (χ1) is 16.4. The lowest BCUT2D eigenvalue weighted by Crippen LogP contribution is -2.30. The summed E-state index contributed by atoms with van der Waals surface area (Å²) in [5.74, 6) is 1.81. The van der Waals surface area contributed by atoms with E-state index in [9.17, 15) is 14.9 Å². The van der Waals surface area contributed by atoms with E-state index in [2.05, 4.69) is 0 Å². The smallest absolute Gasteiger partial charge is 0.280 e. The molecule has 1 amide bonds. The van der Waals surface area contributed by atoms with Gasteiger partial charge in [-0.2, -0.15) is 0 Å². The molecule has 2 aromatic carbocycles. The van der Waals surface area contributed by atoms with Crippen LogP contribution in [0.25, 0.3) is 17.4 Å². The number of nitro benzene ring substituents is 1. The van der Waals surface area contributed by atoms with Gasteiger partial charge < -0.3 is 13.9 Å². The molecule has 4 rings (SSSR count). The van der Waals surface area contributed by atoms with Crippen molar-refractivity contribution in [2.75, 3.05) is 20.8 Å². The molecule has 8 nitrogen and oxygen atoms in total. The summed E-state index contributed by atoms with van der Waals surface area (Å²) in [4.78, 5) is 25.8. The Labute approximate surface area is 205 Å². The zero-order valence-corrected chi connectivity index (χ0v) is 20.0. The summed E-state index contributed by atoms with van der Waals surface area (Å²) in [5, 5.41) is 11.3. The molecule has 0 unspecified atom stereocenters. The Hall–Kier alpha value is -3.63. The van der Waals surface area contributed by atoms with E-state index in [4.69, 9.17) is 26.1 Å². The number of rotatable bonds is 8. The molecule has 1 aliphatic heterocycles. The third-order valence-electron chi connectivity index (χ3n) is 5.21. The van der Waals surface area contributed by atoms with Crippen LogP contribution in [0.2, 0.25) is 0 Å². The summed E-state index contributed by atoms with van der Waals surface area (Å²) in [7, 11) is 3.15. The molecule has 0 atom stereocenters. The van der Waals surface area contributed by atoms with E-state index in [1.807, 2.05) is 18.2 Å². The highest BCUT2D eigenvalue weighted by molar-refractivity contribution is 8.26. The van der Waals surface area contributed by atoms with Crippen molar-refractivity contribution in [1.29, 1.82) is 0 Å². The van der Waals surface area contributed by atoms with Gasteiger partial charge in [-0.15, -0.1) is 0 Å². The molecular formula is C24H20N2O6S2. The van der Waals surface area contributed by atoms with Crippen LogP contribution in [-0.2, 0) is 11.2 Å². The first-order valence-electron chi connectivity index (χ1n) is 10.2. The Bertz CT molecular complexity index is 1300. The fraction of sp³-hybridized carbons (Fsp3) is 0.167. The lowest BCUT2D eigenvalue weighted by molar-refractivity contribution is -0.384. The number of hydrogen-bond donors (Lipinski definition) is 0. The minimum Gasteiger partial charge on any atom is -0.493 e. The standard InChI is InChI=1S/C24H20N2O6S2/c1-30-20-9-7-15(13-21(20)31-2)11-12-25-23(27)22(34-24(25)33)14-16-8-10-19(32-16)17-5-3-4-6-18(17)26(28)29/h3-10,13-14H,11-12H2,1-2H3. The predicted molar refractivity (Wildman–Crippen MR) is 134 cm³/mol. The highest BCUT2D eigenvalue weighted by Gasteiger charge is 2.32. The fourth-order valence-electron chi connectivity index (χ4n) is 3.52. The van der Waals surface area contributed by atoms with Gasteiger partial charge in [0.15, 0.2) is 11.5 Å². The maximum atomic E-state index is 13.0. The average molecular weight is 497 g/mol. The summed E-state index contributed by atoms with van der Waals surface area (Å²) < 4.78 is 16.8. The molecule has 0 bridgehead atoms. The molecule has 0 N–H and O–H groups in total. The Morgan fingerprint density at radius 3 is 2.62 bits per heavy atom. The number of furan rings is 1. The summed E-state index contributed by atoms with van der Waals surface area (Å²) in [6.45, 7) is 0.414. The molecule has 0 saturated carbocycles. The van der Waals surface area contributed by atoms with Crippen molar-refractivity contribution >= 4 is 46.0 Å². The predicted octanol–water partition coefficient (Wildman–Crippen LogP) is 5.32. The van der Waals surface area contributed by atoms with Crippen LogP contribution in [0.1, 0.15) is 11.3 Å². The Morgan fingerprint density at radius 1 is 1.12 bits per heavy atom. The quantitative estimate of drug-likeness (QED) is 0.179. The van der Waals surface area contributed by atoms with Crippen LogP contribution in [0.3, 0.4) is 0 Å². The van der Waals surface area contributed by atoms with Gasteiger partial charge in [0.25, 0.3) is 11.6 Å². The SMILES string of the molecule is COc1ccc(CCN2C(=O)C(=Cc3ccc(-c4ccccc4[N+](=O)[O-])o3)SC2=S)cc1OC. The van der Waals surface area contributed by atoms with Crippen LogP contribution in [0.15, 0.2) is 63.9 Å². The number of para-hydroxylation sites is 1.